The van der Waals surface area contributed by atoms with Crippen molar-refractivity contribution in [3.05, 3.63) is 24.3 Å². The van der Waals surface area contributed by atoms with Crippen molar-refractivity contribution in [3.8, 4) is 0 Å². The normalized spacial score (nSPS) is 11.3. The van der Waals surface area contributed by atoms with Gasteiger partial charge >= 0.3 is 0 Å². The molecule has 0 atom stereocenters. The molecule has 96 valence electrons. The van der Waals surface area contributed by atoms with E-state index in [0.717, 1.165) is 11.4 Å². The molecule has 1 aromatic carbocycles. The number of hydrazine groups is 1. The highest BCUT2D eigenvalue weighted by Gasteiger charge is 2.14. The number of benzene rings is 1. The van der Waals surface area contributed by atoms with Crippen molar-refractivity contribution in [2.45, 2.75) is 6.35 Å². The highest BCUT2D eigenvalue weighted by molar-refractivity contribution is 5.66. The average Bonchev–Trinajstić information content (AvgIpc) is 2.29. The lowest BCUT2D eigenvalue weighted by Crippen LogP contribution is -2.43. The third kappa shape index (κ3) is 3.86. The van der Waals surface area contributed by atoms with E-state index in [2.05, 4.69) is 10.9 Å². The van der Waals surface area contributed by atoms with Gasteiger partial charge in [0.1, 0.15) is 0 Å². The highest BCUT2D eigenvalue weighted by Crippen LogP contribution is 2.20. The molecule has 0 heterocycles. The monoisotopic (exact) mass is 239 g/mol. The van der Waals surface area contributed by atoms with Crippen LogP contribution in [0.5, 0.6) is 0 Å². The number of hydrogen-bond acceptors (Lipinski definition) is 6. The molecule has 0 amide bonds. The molecule has 6 heteroatoms. The molecule has 1 aromatic rings. The standard InChI is InChI=1S/C11H21N5O/c1-15(2)11(16(3)4)17-14-10-8-6-5-7-9(10)13-12/h5-8,11,13-14H,12H2,1-4H3. The van der Waals surface area contributed by atoms with Crippen LogP contribution >= 0.6 is 0 Å². The smallest absolute Gasteiger partial charge is 0.193 e. The number of nitrogens with one attached hydrogen (secondary N) is 2. The first kappa shape index (κ1) is 13.7. The van der Waals surface area contributed by atoms with Crippen molar-refractivity contribution in [1.29, 1.82) is 0 Å². The van der Waals surface area contributed by atoms with Crippen LogP contribution in [-0.2, 0) is 4.84 Å². The van der Waals surface area contributed by atoms with Crippen LogP contribution in [0.1, 0.15) is 0 Å². The maximum atomic E-state index is 5.60. The number of nitrogen functional groups attached to an aromatic ring is 1. The van der Waals surface area contributed by atoms with E-state index in [1.54, 1.807) is 0 Å². The van der Waals surface area contributed by atoms with Crippen molar-refractivity contribution in [1.82, 2.24) is 9.80 Å². The van der Waals surface area contributed by atoms with Crippen LogP contribution < -0.4 is 16.7 Å². The Kier molecular flexibility index (Phi) is 5.17. The van der Waals surface area contributed by atoms with E-state index < -0.39 is 0 Å². The van der Waals surface area contributed by atoms with Gasteiger partial charge in [0.25, 0.3) is 0 Å². The van der Waals surface area contributed by atoms with E-state index in [4.69, 9.17) is 10.7 Å². The summed E-state index contributed by atoms with van der Waals surface area (Å²) in [6.45, 7) is 0. The largest absolute Gasteiger partial charge is 0.322 e. The van der Waals surface area contributed by atoms with Gasteiger partial charge in [0.2, 0.25) is 0 Å². The highest BCUT2D eigenvalue weighted by atomic mass is 16.7. The van der Waals surface area contributed by atoms with Crippen molar-refractivity contribution in [2.75, 3.05) is 39.1 Å². The van der Waals surface area contributed by atoms with Crippen molar-refractivity contribution < 1.29 is 4.84 Å². The number of anilines is 2. The zero-order valence-corrected chi connectivity index (χ0v) is 10.8. The Labute approximate surface area is 102 Å². The molecule has 0 aliphatic carbocycles. The van der Waals surface area contributed by atoms with E-state index in [-0.39, 0.29) is 6.35 Å². The van der Waals surface area contributed by atoms with Gasteiger partial charge in [-0.3, -0.25) is 21.1 Å². The van der Waals surface area contributed by atoms with Gasteiger partial charge in [0.05, 0.1) is 11.4 Å². The maximum absolute atomic E-state index is 5.60. The second-order valence-corrected chi connectivity index (χ2v) is 4.16. The van der Waals surface area contributed by atoms with Gasteiger partial charge < -0.3 is 5.43 Å². The first-order chi connectivity index (χ1) is 8.06. The Bertz CT molecular complexity index is 334. The van der Waals surface area contributed by atoms with Gasteiger partial charge in [-0.2, -0.15) is 0 Å². The van der Waals surface area contributed by atoms with Gasteiger partial charge in [-0.05, 0) is 40.3 Å². The number of nitrogens with two attached hydrogens (primary N) is 1. The predicted octanol–water partition coefficient (Wildman–Crippen LogP) is 0.723. The number of hydrogen-bond donors (Lipinski definition) is 3. The lowest BCUT2D eigenvalue weighted by atomic mass is 10.3. The van der Waals surface area contributed by atoms with Crippen LogP contribution in [0.3, 0.4) is 0 Å². The molecule has 4 N–H and O–H groups in total. The molecule has 0 radical (unpaired) electrons. The predicted molar refractivity (Wildman–Crippen MR) is 70.1 cm³/mol. The molecule has 0 saturated carbocycles. The van der Waals surface area contributed by atoms with Crippen LogP contribution in [-0.4, -0.2) is 44.3 Å². The van der Waals surface area contributed by atoms with Gasteiger partial charge in [0.15, 0.2) is 6.35 Å². The summed E-state index contributed by atoms with van der Waals surface area (Å²) in [5, 5.41) is 0. The van der Waals surface area contributed by atoms with E-state index >= 15 is 0 Å². The SMILES string of the molecule is CN(C)C(ONc1ccccc1NN)N(C)C. The Hall–Kier alpha value is -1.34. The van der Waals surface area contributed by atoms with Gasteiger partial charge in [0, 0.05) is 0 Å². The zero-order chi connectivity index (χ0) is 12.8. The number of rotatable bonds is 6. The lowest BCUT2D eigenvalue weighted by Gasteiger charge is -2.30. The average molecular weight is 239 g/mol. The van der Waals surface area contributed by atoms with Crippen LogP contribution in [0.25, 0.3) is 0 Å². The van der Waals surface area contributed by atoms with Crippen molar-refractivity contribution in [3.63, 3.8) is 0 Å². The Balaban J connectivity index is 2.65. The second-order valence-electron chi connectivity index (χ2n) is 4.16. The summed E-state index contributed by atoms with van der Waals surface area (Å²) in [6.07, 6.45) is -0.166. The molecule has 0 aliphatic heterocycles. The summed E-state index contributed by atoms with van der Waals surface area (Å²) in [5.41, 5.74) is 7.09. The fourth-order valence-electron chi connectivity index (χ4n) is 1.49. The molecular formula is C11H21N5O. The van der Waals surface area contributed by atoms with Crippen molar-refractivity contribution in [2.24, 2.45) is 5.84 Å². The molecule has 17 heavy (non-hydrogen) atoms. The molecule has 0 saturated heterocycles. The fourth-order valence-corrected chi connectivity index (χ4v) is 1.49. The molecule has 1 rings (SSSR count). The summed E-state index contributed by atoms with van der Waals surface area (Å²) >= 11 is 0. The summed E-state index contributed by atoms with van der Waals surface area (Å²) < 4.78 is 0. The maximum Gasteiger partial charge on any atom is 0.193 e. The van der Waals surface area contributed by atoms with Gasteiger partial charge in [-0.25, -0.2) is 4.84 Å². The lowest BCUT2D eigenvalue weighted by molar-refractivity contribution is -0.0957. The minimum absolute atomic E-state index is 0.166. The molecular weight excluding hydrogens is 218 g/mol. The molecule has 0 bridgehead atoms. The minimum Gasteiger partial charge on any atom is -0.322 e. The Morgan fingerprint density at radius 1 is 1.06 bits per heavy atom. The summed E-state index contributed by atoms with van der Waals surface area (Å²) in [4.78, 5) is 9.50. The van der Waals surface area contributed by atoms with E-state index in [1.807, 2.05) is 62.3 Å². The molecule has 0 unspecified atom stereocenters. The Morgan fingerprint density at radius 3 is 2.06 bits per heavy atom. The number of para-hydroxylation sites is 2. The van der Waals surface area contributed by atoms with Crippen LogP contribution in [0.2, 0.25) is 0 Å². The molecule has 0 fully saturated rings. The summed E-state index contributed by atoms with van der Waals surface area (Å²) in [7, 11) is 7.78. The van der Waals surface area contributed by atoms with Gasteiger partial charge in [-0.15, -0.1) is 0 Å². The second kappa shape index (κ2) is 6.41. The third-order valence-corrected chi connectivity index (χ3v) is 2.24. The third-order valence-electron chi connectivity index (χ3n) is 2.24. The summed E-state index contributed by atoms with van der Waals surface area (Å²) in [5.74, 6) is 5.41. The van der Waals surface area contributed by atoms with Crippen LogP contribution in [0.15, 0.2) is 24.3 Å². The van der Waals surface area contributed by atoms with Gasteiger partial charge in [-0.1, -0.05) is 12.1 Å². The molecule has 0 aromatic heterocycles. The quantitative estimate of drug-likeness (QED) is 0.386. The number of nitrogens with zero attached hydrogens (tertiary/aromatic N) is 2. The molecule has 6 nitrogen and oxygen atoms in total. The Morgan fingerprint density at radius 2 is 1.59 bits per heavy atom. The van der Waals surface area contributed by atoms with E-state index in [1.165, 1.54) is 0 Å². The zero-order valence-electron chi connectivity index (χ0n) is 10.8. The molecule has 0 aliphatic rings. The first-order valence-corrected chi connectivity index (χ1v) is 5.36. The first-order valence-electron chi connectivity index (χ1n) is 5.36. The topological polar surface area (TPSA) is 65.8 Å². The van der Waals surface area contributed by atoms with E-state index in [0.29, 0.717) is 0 Å². The van der Waals surface area contributed by atoms with E-state index in [9.17, 15) is 0 Å². The molecule has 0 spiro atoms. The van der Waals surface area contributed by atoms with Crippen molar-refractivity contribution >= 4 is 11.4 Å². The minimum atomic E-state index is -0.166. The fraction of sp³-hybridized carbons (Fsp3) is 0.455. The van der Waals surface area contributed by atoms with Crippen LogP contribution in [0, 0.1) is 0 Å². The summed E-state index contributed by atoms with van der Waals surface area (Å²) in [6, 6.07) is 7.56. The van der Waals surface area contributed by atoms with Crippen LogP contribution in [0.4, 0.5) is 11.4 Å².